The Morgan fingerprint density at radius 3 is 2.78 bits per heavy atom. The molecule has 2 atom stereocenters. The van der Waals surface area contributed by atoms with E-state index in [0.29, 0.717) is 10.6 Å². The topological polar surface area (TPSA) is 45.1 Å². The maximum atomic E-state index is 10.5. The quantitative estimate of drug-likeness (QED) is 0.556. The number of hydrogen-bond acceptors (Lipinski definition) is 5. The van der Waals surface area contributed by atoms with E-state index in [-0.39, 0.29) is 16.8 Å². The third-order valence-electron chi connectivity index (χ3n) is 4.83. The van der Waals surface area contributed by atoms with Gasteiger partial charge in [0.1, 0.15) is 11.5 Å². The van der Waals surface area contributed by atoms with E-state index in [1.165, 1.54) is 6.07 Å². The van der Waals surface area contributed by atoms with Crippen LogP contribution in [0.15, 0.2) is 59.0 Å². The lowest BCUT2D eigenvalue weighted by molar-refractivity contribution is -0.0203. The number of hydrazone groups is 1. The first kappa shape index (κ1) is 16.9. The molecular formula is C20H14Cl2N2O2S. The first-order valence-electron chi connectivity index (χ1n) is 8.45. The van der Waals surface area contributed by atoms with Crippen LogP contribution in [0.2, 0.25) is 10.0 Å². The van der Waals surface area contributed by atoms with Crippen LogP contribution in [-0.2, 0) is 0 Å². The molecule has 1 N–H and O–H groups in total. The number of fused-ring (bicyclic) bond motifs is 3. The molecule has 1 aromatic heterocycles. The van der Waals surface area contributed by atoms with Crippen molar-refractivity contribution in [3.05, 3.63) is 80.0 Å². The summed E-state index contributed by atoms with van der Waals surface area (Å²) < 4.78 is 6.23. The predicted octanol–water partition coefficient (Wildman–Crippen LogP) is 6.00. The number of rotatable bonds is 2. The average Bonchev–Trinajstić information content (AvgIpc) is 3.33. The molecule has 5 rings (SSSR count). The summed E-state index contributed by atoms with van der Waals surface area (Å²) in [6, 6.07) is 15.2. The largest absolute Gasteiger partial charge is 0.506 e. The summed E-state index contributed by atoms with van der Waals surface area (Å²) in [7, 11) is 0. The molecule has 4 nitrogen and oxygen atoms in total. The van der Waals surface area contributed by atoms with Crippen LogP contribution in [0, 0.1) is 0 Å². The molecule has 0 amide bonds. The molecule has 0 unspecified atom stereocenters. The van der Waals surface area contributed by atoms with Crippen LogP contribution >= 0.6 is 34.5 Å². The highest BCUT2D eigenvalue weighted by molar-refractivity contribution is 7.12. The second-order valence-corrected chi connectivity index (χ2v) is 8.25. The minimum Gasteiger partial charge on any atom is -0.506 e. The summed E-state index contributed by atoms with van der Waals surface area (Å²) in [4.78, 5) is 1.13. The molecule has 3 heterocycles. The summed E-state index contributed by atoms with van der Waals surface area (Å²) in [6.07, 6.45) is 0.158. The number of phenolic OH excluding ortho intramolecular Hbond substituents is 1. The lowest BCUT2D eigenvalue weighted by Crippen LogP contribution is -2.33. The Bertz CT molecular complexity index is 1050. The number of halogens is 2. The average molecular weight is 417 g/mol. The van der Waals surface area contributed by atoms with E-state index in [4.69, 9.17) is 33.0 Å². The maximum absolute atomic E-state index is 10.5. The Morgan fingerprint density at radius 2 is 1.96 bits per heavy atom. The molecule has 0 spiro atoms. The van der Waals surface area contributed by atoms with Crippen LogP contribution < -0.4 is 4.74 Å². The smallest absolute Gasteiger partial charge is 0.217 e. The molecule has 0 bridgehead atoms. The number of para-hydroxylation sites is 1. The second kappa shape index (κ2) is 6.44. The van der Waals surface area contributed by atoms with Crippen LogP contribution in [0.4, 0.5) is 0 Å². The van der Waals surface area contributed by atoms with E-state index in [9.17, 15) is 5.11 Å². The molecule has 2 aliphatic heterocycles. The van der Waals surface area contributed by atoms with Crippen LogP contribution in [-0.4, -0.2) is 15.8 Å². The van der Waals surface area contributed by atoms with Gasteiger partial charge >= 0.3 is 0 Å². The van der Waals surface area contributed by atoms with E-state index in [1.54, 1.807) is 17.4 Å². The van der Waals surface area contributed by atoms with E-state index in [0.717, 1.165) is 28.3 Å². The van der Waals surface area contributed by atoms with Crippen molar-refractivity contribution in [1.29, 1.82) is 0 Å². The first-order chi connectivity index (χ1) is 13.1. The summed E-state index contributed by atoms with van der Waals surface area (Å²) in [5, 5.41) is 20.0. The van der Waals surface area contributed by atoms with Crippen molar-refractivity contribution in [2.45, 2.75) is 18.7 Å². The Balaban J connectivity index is 1.65. The minimum atomic E-state index is -0.612. The third kappa shape index (κ3) is 2.78. The van der Waals surface area contributed by atoms with E-state index in [1.807, 2.05) is 34.7 Å². The van der Waals surface area contributed by atoms with E-state index < -0.39 is 6.23 Å². The van der Waals surface area contributed by atoms with Crippen LogP contribution in [0.3, 0.4) is 0 Å². The standard InChI is InChI=1S/C20H14Cl2N2O2S/c21-11-8-13(19(25)14(22)9-11)20-24-16(12-4-1-2-5-17(12)26-20)10-15(23-24)18-6-3-7-27-18/h1-9,16,20,25H,10H2/t16-,20-/m1/s1. The number of ether oxygens (including phenoxy) is 1. The van der Waals surface area contributed by atoms with Crippen molar-refractivity contribution in [3.8, 4) is 11.5 Å². The lowest BCUT2D eigenvalue weighted by Gasteiger charge is -2.38. The number of hydrogen-bond donors (Lipinski definition) is 1. The number of aromatic hydroxyl groups is 1. The molecule has 27 heavy (non-hydrogen) atoms. The minimum absolute atomic E-state index is 0.0224. The van der Waals surface area contributed by atoms with Gasteiger partial charge in [-0.25, -0.2) is 5.01 Å². The Morgan fingerprint density at radius 1 is 1.11 bits per heavy atom. The van der Waals surface area contributed by atoms with Gasteiger partial charge in [-0.15, -0.1) is 11.3 Å². The van der Waals surface area contributed by atoms with Crippen molar-refractivity contribution in [2.24, 2.45) is 5.10 Å². The third-order valence-corrected chi connectivity index (χ3v) is 6.25. The maximum Gasteiger partial charge on any atom is 0.217 e. The number of nitrogens with zero attached hydrogens (tertiary/aromatic N) is 2. The van der Waals surface area contributed by atoms with E-state index in [2.05, 4.69) is 12.1 Å². The molecule has 0 aliphatic carbocycles. The highest BCUT2D eigenvalue weighted by Gasteiger charge is 2.42. The zero-order valence-electron chi connectivity index (χ0n) is 14.0. The van der Waals surface area contributed by atoms with Gasteiger partial charge in [-0.2, -0.15) is 5.10 Å². The molecule has 3 aromatic rings. The van der Waals surface area contributed by atoms with Gasteiger partial charge in [0.2, 0.25) is 6.23 Å². The second-order valence-electron chi connectivity index (χ2n) is 6.46. The van der Waals surface area contributed by atoms with Gasteiger partial charge in [0.15, 0.2) is 0 Å². The van der Waals surface area contributed by atoms with Gasteiger partial charge in [-0.05, 0) is 29.6 Å². The van der Waals surface area contributed by atoms with Crippen LogP contribution in [0.25, 0.3) is 0 Å². The Hall–Kier alpha value is -2.21. The highest BCUT2D eigenvalue weighted by Crippen LogP contribution is 2.50. The predicted molar refractivity (Wildman–Crippen MR) is 108 cm³/mol. The van der Waals surface area contributed by atoms with Gasteiger partial charge in [-0.1, -0.05) is 47.5 Å². The number of benzene rings is 2. The van der Waals surface area contributed by atoms with Gasteiger partial charge in [0.25, 0.3) is 0 Å². The molecule has 7 heteroatoms. The van der Waals surface area contributed by atoms with Crippen molar-refractivity contribution in [3.63, 3.8) is 0 Å². The lowest BCUT2D eigenvalue weighted by atomic mass is 9.97. The molecule has 0 fully saturated rings. The summed E-state index contributed by atoms with van der Waals surface area (Å²) in [5.74, 6) is 0.742. The summed E-state index contributed by atoms with van der Waals surface area (Å²) in [6.45, 7) is 0. The highest BCUT2D eigenvalue weighted by atomic mass is 35.5. The molecule has 0 radical (unpaired) electrons. The number of phenols is 1. The number of thiophene rings is 1. The molecule has 136 valence electrons. The fraction of sp³-hybridized carbons (Fsp3) is 0.150. The van der Waals surface area contributed by atoms with Gasteiger partial charge in [0, 0.05) is 17.0 Å². The van der Waals surface area contributed by atoms with Crippen molar-refractivity contribution in [1.82, 2.24) is 5.01 Å². The normalized spacial score (nSPS) is 20.7. The zero-order valence-corrected chi connectivity index (χ0v) is 16.3. The first-order valence-corrected chi connectivity index (χ1v) is 10.1. The Labute approximate surface area is 170 Å². The monoisotopic (exact) mass is 416 g/mol. The summed E-state index contributed by atoms with van der Waals surface area (Å²) in [5.41, 5.74) is 2.59. The summed E-state index contributed by atoms with van der Waals surface area (Å²) >= 11 is 14.0. The van der Waals surface area contributed by atoms with Crippen molar-refractivity contribution >= 4 is 40.3 Å². The molecule has 0 saturated heterocycles. The van der Waals surface area contributed by atoms with Crippen molar-refractivity contribution < 1.29 is 9.84 Å². The molecule has 2 aromatic carbocycles. The van der Waals surface area contributed by atoms with Gasteiger partial charge in [0.05, 0.1) is 27.2 Å². The zero-order chi connectivity index (χ0) is 18.5. The van der Waals surface area contributed by atoms with Crippen LogP contribution in [0.5, 0.6) is 11.5 Å². The fourth-order valence-corrected chi connectivity index (χ4v) is 4.84. The van der Waals surface area contributed by atoms with Crippen LogP contribution in [0.1, 0.15) is 34.7 Å². The fourth-order valence-electron chi connectivity index (χ4n) is 3.61. The van der Waals surface area contributed by atoms with Gasteiger partial charge in [-0.3, -0.25) is 0 Å². The van der Waals surface area contributed by atoms with E-state index >= 15 is 0 Å². The van der Waals surface area contributed by atoms with Gasteiger partial charge < -0.3 is 9.84 Å². The SMILES string of the molecule is Oc1c(Cl)cc(Cl)cc1[C@H]1Oc2ccccc2[C@H]2CC(c3cccs3)=NN21. The molecular weight excluding hydrogens is 403 g/mol. The Kier molecular flexibility index (Phi) is 4.04. The van der Waals surface area contributed by atoms with Crippen molar-refractivity contribution in [2.75, 3.05) is 0 Å². The molecule has 0 saturated carbocycles. The molecule has 2 aliphatic rings.